The lowest BCUT2D eigenvalue weighted by Crippen LogP contribution is -2.35. The largest absolute Gasteiger partial charge is 0.334 e. The highest BCUT2D eigenvalue weighted by Crippen LogP contribution is 2.24. The number of benzene rings is 2. The average Bonchev–Trinajstić information content (AvgIpc) is 3.18. The Bertz CT molecular complexity index is 1270. The molecule has 0 spiro atoms. The second-order valence-corrected chi connectivity index (χ2v) is 6.79. The molecule has 4 rings (SSSR count). The van der Waals surface area contributed by atoms with Crippen LogP contribution in [-0.2, 0) is 6.54 Å². The van der Waals surface area contributed by atoms with Crippen molar-refractivity contribution in [3.8, 4) is 22.8 Å². The summed E-state index contributed by atoms with van der Waals surface area (Å²) in [7, 11) is 0. The molecule has 2 aromatic heterocycles. The van der Waals surface area contributed by atoms with Gasteiger partial charge >= 0.3 is 5.69 Å². The van der Waals surface area contributed by atoms with Gasteiger partial charge in [0.05, 0.1) is 10.9 Å². The van der Waals surface area contributed by atoms with E-state index in [4.69, 9.17) is 4.52 Å². The number of rotatable bonds is 5. The molecule has 0 saturated carbocycles. The van der Waals surface area contributed by atoms with Crippen LogP contribution in [-0.4, -0.2) is 19.7 Å². The summed E-state index contributed by atoms with van der Waals surface area (Å²) in [6.07, 6.45) is 1.68. The van der Waals surface area contributed by atoms with Crippen LogP contribution >= 0.6 is 0 Å². The minimum Gasteiger partial charge on any atom is -0.334 e. The van der Waals surface area contributed by atoms with Gasteiger partial charge in [-0.1, -0.05) is 42.3 Å². The van der Waals surface area contributed by atoms with Crippen molar-refractivity contribution in [2.24, 2.45) is 0 Å². The Morgan fingerprint density at radius 3 is 2.75 bits per heavy atom. The normalized spacial score (nSPS) is 11.2. The standard InChI is InChI=1S/C21H20N4O3/c1-3-4-10-25-20(26)16-9-8-15(12-17(16)22-21(25)27)19-23-18(24-28-19)14-7-5-6-13(2)11-14/h5-9,11-12H,3-4,10H2,1-2H3,(H,22,27). The number of nitrogens with zero attached hydrogens (tertiary/aromatic N) is 3. The van der Waals surface area contributed by atoms with E-state index in [9.17, 15) is 9.59 Å². The van der Waals surface area contributed by atoms with Crippen molar-refractivity contribution < 1.29 is 4.52 Å². The molecule has 0 fully saturated rings. The van der Waals surface area contributed by atoms with E-state index in [1.54, 1.807) is 18.2 Å². The third-order valence-corrected chi connectivity index (χ3v) is 4.67. The number of fused-ring (bicyclic) bond motifs is 1. The van der Waals surface area contributed by atoms with Crippen LogP contribution in [0, 0.1) is 6.92 Å². The van der Waals surface area contributed by atoms with Crippen LogP contribution in [0.25, 0.3) is 33.7 Å². The molecule has 0 bridgehead atoms. The van der Waals surface area contributed by atoms with E-state index in [0.717, 1.165) is 24.0 Å². The lowest BCUT2D eigenvalue weighted by molar-refractivity contribution is 0.432. The molecular formula is C21H20N4O3. The van der Waals surface area contributed by atoms with Gasteiger partial charge in [-0.05, 0) is 37.6 Å². The van der Waals surface area contributed by atoms with Gasteiger partial charge in [0.15, 0.2) is 0 Å². The first kappa shape index (κ1) is 17.9. The molecule has 0 aliphatic heterocycles. The van der Waals surface area contributed by atoms with Crippen LogP contribution < -0.4 is 11.2 Å². The maximum Gasteiger partial charge on any atom is 0.328 e. The lowest BCUT2D eigenvalue weighted by Gasteiger charge is -2.06. The fraction of sp³-hybridized carbons (Fsp3) is 0.238. The van der Waals surface area contributed by atoms with Gasteiger partial charge < -0.3 is 9.51 Å². The Hall–Kier alpha value is -3.48. The van der Waals surface area contributed by atoms with Crippen LogP contribution in [0.4, 0.5) is 0 Å². The molecule has 2 heterocycles. The number of hydrogen-bond donors (Lipinski definition) is 1. The van der Waals surface area contributed by atoms with E-state index >= 15 is 0 Å². The molecule has 7 heteroatoms. The molecule has 0 atom stereocenters. The molecule has 0 radical (unpaired) electrons. The second-order valence-electron chi connectivity index (χ2n) is 6.79. The zero-order chi connectivity index (χ0) is 19.7. The highest BCUT2D eigenvalue weighted by atomic mass is 16.5. The summed E-state index contributed by atoms with van der Waals surface area (Å²) in [5.41, 5.74) is 2.36. The van der Waals surface area contributed by atoms with Crippen molar-refractivity contribution in [3.05, 3.63) is 68.9 Å². The van der Waals surface area contributed by atoms with Gasteiger partial charge in [-0.2, -0.15) is 4.98 Å². The molecule has 28 heavy (non-hydrogen) atoms. The molecule has 2 aromatic carbocycles. The summed E-state index contributed by atoms with van der Waals surface area (Å²) in [5.74, 6) is 0.816. The van der Waals surface area contributed by atoms with Gasteiger partial charge in [-0.25, -0.2) is 4.79 Å². The van der Waals surface area contributed by atoms with E-state index in [1.165, 1.54) is 4.57 Å². The third-order valence-electron chi connectivity index (χ3n) is 4.67. The van der Waals surface area contributed by atoms with Crippen molar-refractivity contribution in [1.29, 1.82) is 0 Å². The zero-order valence-electron chi connectivity index (χ0n) is 15.7. The van der Waals surface area contributed by atoms with Crippen LogP contribution in [0.2, 0.25) is 0 Å². The summed E-state index contributed by atoms with van der Waals surface area (Å²) >= 11 is 0. The summed E-state index contributed by atoms with van der Waals surface area (Å²) in [6.45, 7) is 4.42. The third kappa shape index (κ3) is 3.26. The molecule has 0 amide bonds. The highest BCUT2D eigenvalue weighted by molar-refractivity contribution is 5.82. The molecule has 4 aromatic rings. The number of unbranched alkanes of at least 4 members (excludes halogenated alkanes) is 1. The predicted molar refractivity (Wildman–Crippen MR) is 107 cm³/mol. The van der Waals surface area contributed by atoms with Gasteiger partial charge in [-0.15, -0.1) is 0 Å². The van der Waals surface area contributed by atoms with E-state index in [-0.39, 0.29) is 5.56 Å². The first-order chi connectivity index (χ1) is 13.6. The van der Waals surface area contributed by atoms with E-state index in [2.05, 4.69) is 15.1 Å². The van der Waals surface area contributed by atoms with Crippen LogP contribution in [0.1, 0.15) is 25.3 Å². The molecule has 1 N–H and O–H groups in total. The molecule has 0 aliphatic rings. The maximum absolute atomic E-state index is 12.6. The molecule has 0 aliphatic carbocycles. The fourth-order valence-electron chi connectivity index (χ4n) is 3.15. The Morgan fingerprint density at radius 2 is 1.96 bits per heavy atom. The number of hydrogen-bond acceptors (Lipinski definition) is 5. The number of aryl methyl sites for hydroxylation is 1. The highest BCUT2D eigenvalue weighted by Gasteiger charge is 2.13. The van der Waals surface area contributed by atoms with Gasteiger partial charge in [0.25, 0.3) is 11.4 Å². The molecule has 142 valence electrons. The van der Waals surface area contributed by atoms with Crippen molar-refractivity contribution in [3.63, 3.8) is 0 Å². The van der Waals surface area contributed by atoms with Crippen molar-refractivity contribution in [2.45, 2.75) is 33.2 Å². The number of nitrogens with one attached hydrogen (secondary N) is 1. The van der Waals surface area contributed by atoms with Crippen LogP contribution in [0.5, 0.6) is 0 Å². The minimum atomic E-state index is -0.408. The van der Waals surface area contributed by atoms with Gasteiger partial charge in [0.2, 0.25) is 5.82 Å². The van der Waals surface area contributed by atoms with Gasteiger partial charge in [-0.3, -0.25) is 9.36 Å². The summed E-state index contributed by atoms with van der Waals surface area (Å²) in [4.78, 5) is 32.1. The second kappa shape index (κ2) is 7.26. The van der Waals surface area contributed by atoms with Crippen LogP contribution in [0.15, 0.2) is 56.6 Å². The SMILES string of the molecule is CCCCn1c(=O)[nH]c2cc(-c3nc(-c4cccc(C)c4)no3)ccc2c1=O. The first-order valence-electron chi connectivity index (χ1n) is 9.25. The van der Waals surface area contributed by atoms with Crippen LogP contribution in [0.3, 0.4) is 0 Å². The van der Waals surface area contributed by atoms with Gasteiger partial charge in [0.1, 0.15) is 0 Å². The average molecular weight is 376 g/mol. The quantitative estimate of drug-likeness (QED) is 0.575. The summed E-state index contributed by atoms with van der Waals surface area (Å²) in [5, 5.41) is 4.50. The maximum atomic E-state index is 12.6. The number of aromatic nitrogens is 4. The van der Waals surface area contributed by atoms with Crippen molar-refractivity contribution in [2.75, 3.05) is 0 Å². The Morgan fingerprint density at radius 1 is 1.11 bits per heavy atom. The van der Waals surface area contributed by atoms with Crippen molar-refractivity contribution >= 4 is 10.9 Å². The molecule has 7 nitrogen and oxygen atoms in total. The first-order valence-corrected chi connectivity index (χ1v) is 9.25. The fourth-order valence-corrected chi connectivity index (χ4v) is 3.15. The molecule has 0 unspecified atom stereocenters. The number of H-pyrrole nitrogens is 1. The lowest BCUT2D eigenvalue weighted by atomic mass is 10.1. The predicted octanol–water partition coefficient (Wildman–Crippen LogP) is 3.52. The minimum absolute atomic E-state index is 0.287. The Kier molecular flexibility index (Phi) is 4.65. The topological polar surface area (TPSA) is 93.8 Å². The van der Waals surface area contributed by atoms with E-state index in [0.29, 0.717) is 34.7 Å². The molecular weight excluding hydrogens is 356 g/mol. The van der Waals surface area contributed by atoms with Gasteiger partial charge in [0, 0.05) is 17.7 Å². The monoisotopic (exact) mass is 376 g/mol. The number of aromatic amines is 1. The Labute approximate surface area is 160 Å². The zero-order valence-corrected chi connectivity index (χ0v) is 15.7. The van der Waals surface area contributed by atoms with E-state index < -0.39 is 5.69 Å². The Balaban J connectivity index is 1.75. The van der Waals surface area contributed by atoms with E-state index in [1.807, 2.05) is 38.1 Å². The summed E-state index contributed by atoms with van der Waals surface area (Å²) in [6, 6.07) is 12.9. The summed E-state index contributed by atoms with van der Waals surface area (Å²) < 4.78 is 6.64. The van der Waals surface area contributed by atoms with Crippen molar-refractivity contribution in [1.82, 2.24) is 19.7 Å². The molecule has 0 saturated heterocycles. The smallest absolute Gasteiger partial charge is 0.328 e.